The molecule has 1 aliphatic heterocycles. The summed E-state index contributed by atoms with van der Waals surface area (Å²) in [6.45, 7) is 0.392. The van der Waals surface area contributed by atoms with Crippen molar-refractivity contribution in [2.24, 2.45) is 4.99 Å². The molecular formula is C14H12ClN3O. The van der Waals surface area contributed by atoms with Crippen LogP contribution >= 0.6 is 11.6 Å². The Balaban J connectivity index is 1.87. The topological polar surface area (TPSA) is 59.6 Å². The van der Waals surface area contributed by atoms with Crippen molar-refractivity contribution in [2.75, 3.05) is 17.7 Å². The van der Waals surface area contributed by atoms with Gasteiger partial charge in [0.25, 0.3) is 0 Å². The lowest BCUT2D eigenvalue weighted by atomic mass is 10.2. The maximum Gasteiger partial charge on any atom is 0.146 e. The lowest BCUT2D eigenvalue weighted by molar-refractivity contribution is 0.372. The summed E-state index contributed by atoms with van der Waals surface area (Å²) < 4.78 is 5.61. The molecule has 0 saturated heterocycles. The molecule has 2 aromatic carbocycles. The summed E-state index contributed by atoms with van der Waals surface area (Å²) in [5, 5.41) is 3.85. The van der Waals surface area contributed by atoms with Gasteiger partial charge in [-0.05, 0) is 36.4 Å². The van der Waals surface area contributed by atoms with E-state index in [1.54, 1.807) is 12.1 Å². The van der Waals surface area contributed by atoms with Crippen LogP contribution in [-0.2, 0) is 0 Å². The number of hydrogen-bond acceptors (Lipinski definition) is 4. The number of benzene rings is 2. The first-order chi connectivity index (χ1) is 9.20. The van der Waals surface area contributed by atoms with Crippen molar-refractivity contribution in [1.82, 2.24) is 0 Å². The van der Waals surface area contributed by atoms with Gasteiger partial charge in [0.05, 0.1) is 0 Å². The fourth-order valence-electron chi connectivity index (χ4n) is 1.86. The van der Waals surface area contributed by atoms with Gasteiger partial charge in [-0.15, -0.1) is 0 Å². The van der Waals surface area contributed by atoms with Gasteiger partial charge in [-0.25, -0.2) is 4.99 Å². The van der Waals surface area contributed by atoms with Gasteiger partial charge in [0.15, 0.2) is 0 Å². The molecule has 0 spiro atoms. The van der Waals surface area contributed by atoms with E-state index in [1.165, 1.54) is 0 Å². The molecule has 0 radical (unpaired) electrons. The van der Waals surface area contributed by atoms with Crippen molar-refractivity contribution >= 4 is 34.5 Å². The van der Waals surface area contributed by atoms with Crippen molar-refractivity contribution in [3.63, 3.8) is 0 Å². The molecule has 0 aromatic heterocycles. The quantitative estimate of drug-likeness (QED) is 0.782. The number of ether oxygens (including phenoxy) is 1. The second-order valence-electron chi connectivity index (χ2n) is 4.21. The molecule has 0 aliphatic carbocycles. The monoisotopic (exact) mass is 273 g/mol. The van der Waals surface area contributed by atoms with E-state index < -0.39 is 0 Å². The average Bonchev–Trinajstić information content (AvgIpc) is 2.38. The summed E-state index contributed by atoms with van der Waals surface area (Å²) in [7, 11) is 0. The molecule has 0 fully saturated rings. The Morgan fingerprint density at radius 3 is 2.95 bits per heavy atom. The number of aliphatic imine (C=N–C) groups is 1. The highest BCUT2D eigenvalue weighted by Gasteiger charge is 2.13. The number of rotatable bonds is 1. The molecular weight excluding hydrogens is 262 g/mol. The summed E-state index contributed by atoms with van der Waals surface area (Å²) in [5.41, 5.74) is 8.01. The standard InChI is InChI=1S/C14H12ClN3O/c15-9-2-1-3-11(6-9)17-14-8-19-13-5-4-10(16)7-12(13)18-14/h1-7H,8,16H2,(H,17,18). The van der Waals surface area contributed by atoms with Gasteiger partial charge in [-0.3, -0.25) is 0 Å². The zero-order valence-electron chi connectivity index (χ0n) is 10.1. The molecule has 0 amide bonds. The lowest BCUT2D eigenvalue weighted by Gasteiger charge is -2.18. The molecule has 0 unspecified atom stereocenters. The second-order valence-corrected chi connectivity index (χ2v) is 4.65. The predicted molar refractivity (Wildman–Crippen MR) is 78.5 cm³/mol. The van der Waals surface area contributed by atoms with E-state index in [-0.39, 0.29) is 0 Å². The summed E-state index contributed by atoms with van der Waals surface area (Å²) in [5.74, 6) is 1.46. The maximum absolute atomic E-state index is 5.94. The van der Waals surface area contributed by atoms with Crippen molar-refractivity contribution < 1.29 is 4.74 Å². The van der Waals surface area contributed by atoms with E-state index in [2.05, 4.69) is 10.3 Å². The normalized spacial score (nSPS) is 13.2. The predicted octanol–water partition coefficient (Wildman–Crippen LogP) is 3.46. The highest BCUT2D eigenvalue weighted by atomic mass is 35.5. The molecule has 0 bridgehead atoms. The minimum Gasteiger partial charge on any atom is -0.483 e. The fraction of sp³-hybridized carbons (Fsp3) is 0.0714. The van der Waals surface area contributed by atoms with Gasteiger partial charge in [0.2, 0.25) is 0 Å². The van der Waals surface area contributed by atoms with E-state index in [9.17, 15) is 0 Å². The third-order valence-corrected chi connectivity index (χ3v) is 2.95. The zero-order chi connectivity index (χ0) is 13.2. The smallest absolute Gasteiger partial charge is 0.146 e. The molecule has 1 aliphatic rings. The zero-order valence-corrected chi connectivity index (χ0v) is 10.8. The molecule has 3 rings (SSSR count). The molecule has 5 heteroatoms. The number of anilines is 2. The van der Waals surface area contributed by atoms with Crippen LogP contribution in [0.25, 0.3) is 0 Å². The number of nitrogens with zero attached hydrogens (tertiary/aromatic N) is 1. The van der Waals surface area contributed by atoms with Crippen molar-refractivity contribution in [2.45, 2.75) is 0 Å². The summed E-state index contributed by atoms with van der Waals surface area (Å²) >= 11 is 5.94. The highest BCUT2D eigenvalue weighted by molar-refractivity contribution is 6.30. The van der Waals surface area contributed by atoms with Crippen LogP contribution in [0.15, 0.2) is 47.5 Å². The molecule has 19 heavy (non-hydrogen) atoms. The first-order valence-electron chi connectivity index (χ1n) is 5.83. The van der Waals surface area contributed by atoms with Gasteiger partial charge in [0, 0.05) is 16.4 Å². The Bertz CT molecular complexity index is 655. The molecule has 0 saturated carbocycles. The van der Waals surface area contributed by atoms with Crippen LogP contribution in [0.4, 0.5) is 17.1 Å². The number of amidine groups is 1. The van der Waals surface area contributed by atoms with E-state index in [1.807, 2.05) is 30.3 Å². The van der Waals surface area contributed by atoms with Crippen LogP contribution in [0, 0.1) is 0 Å². The molecule has 1 heterocycles. The molecule has 4 nitrogen and oxygen atoms in total. The van der Waals surface area contributed by atoms with Crippen LogP contribution in [0.2, 0.25) is 5.02 Å². The Labute approximate surface area is 115 Å². The Morgan fingerprint density at radius 1 is 1.21 bits per heavy atom. The van der Waals surface area contributed by atoms with E-state index in [0.29, 0.717) is 17.3 Å². The van der Waals surface area contributed by atoms with Crippen LogP contribution in [0.1, 0.15) is 0 Å². The lowest BCUT2D eigenvalue weighted by Crippen LogP contribution is -2.23. The third-order valence-electron chi connectivity index (χ3n) is 2.72. The van der Waals surface area contributed by atoms with E-state index in [4.69, 9.17) is 22.1 Å². The van der Waals surface area contributed by atoms with Crippen molar-refractivity contribution in [1.29, 1.82) is 0 Å². The molecule has 96 valence electrons. The summed E-state index contributed by atoms with van der Waals surface area (Å²) in [6.07, 6.45) is 0. The number of hydrogen-bond donors (Lipinski definition) is 2. The summed E-state index contributed by atoms with van der Waals surface area (Å²) in [4.78, 5) is 4.49. The maximum atomic E-state index is 5.94. The van der Waals surface area contributed by atoms with Gasteiger partial charge in [-0.2, -0.15) is 0 Å². The average molecular weight is 274 g/mol. The minimum absolute atomic E-state index is 0.392. The number of nitrogens with two attached hydrogens (primary N) is 1. The number of nitrogens with one attached hydrogen (secondary N) is 1. The number of halogens is 1. The van der Waals surface area contributed by atoms with Crippen LogP contribution in [0.5, 0.6) is 5.75 Å². The van der Waals surface area contributed by atoms with Crippen molar-refractivity contribution in [3.05, 3.63) is 47.5 Å². The third kappa shape index (κ3) is 2.63. The van der Waals surface area contributed by atoms with Crippen LogP contribution in [-0.4, -0.2) is 12.4 Å². The SMILES string of the molecule is Nc1ccc2c(c1)N=C(Nc1cccc(Cl)c1)CO2. The fourth-order valence-corrected chi connectivity index (χ4v) is 2.05. The Morgan fingerprint density at radius 2 is 2.11 bits per heavy atom. The first-order valence-corrected chi connectivity index (χ1v) is 6.21. The van der Waals surface area contributed by atoms with Gasteiger partial charge in [0.1, 0.15) is 23.9 Å². The van der Waals surface area contributed by atoms with Gasteiger partial charge in [-0.1, -0.05) is 17.7 Å². The van der Waals surface area contributed by atoms with Gasteiger partial charge < -0.3 is 15.8 Å². The van der Waals surface area contributed by atoms with E-state index >= 15 is 0 Å². The Hall–Kier alpha value is -2.20. The molecule has 0 atom stereocenters. The highest BCUT2D eigenvalue weighted by Crippen LogP contribution is 2.32. The second kappa shape index (κ2) is 4.82. The van der Waals surface area contributed by atoms with Crippen LogP contribution in [0.3, 0.4) is 0 Å². The molecule has 3 N–H and O–H groups in total. The van der Waals surface area contributed by atoms with Gasteiger partial charge >= 0.3 is 0 Å². The van der Waals surface area contributed by atoms with Crippen LogP contribution < -0.4 is 15.8 Å². The minimum atomic E-state index is 0.392. The largest absolute Gasteiger partial charge is 0.483 e. The number of nitrogen functional groups attached to an aromatic ring is 1. The van der Waals surface area contributed by atoms with E-state index in [0.717, 1.165) is 23.0 Å². The molecule has 2 aromatic rings. The first kappa shape index (κ1) is 11.9. The number of fused-ring (bicyclic) bond motifs is 1. The Kier molecular flexibility index (Phi) is 3.01. The van der Waals surface area contributed by atoms with Crippen molar-refractivity contribution in [3.8, 4) is 5.75 Å². The summed E-state index contributed by atoms with van der Waals surface area (Å²) in [6, 6.07) is 12.9.